The topological polar surface area (TPSA) is 38.7 Å². The average Bonchev–Trinajstić information content (AvgIpc) is 2.79. The third kappa shape index (κ3) is 4.27. The standard InChI is InChI=1S/C25H22FNO2/c1-15-7-20(26)13-23(8-15)29-22-6-4-5-18(12-22)25-14-21(28)11-19-9-16(2)17(3)10-24(19)27-25/h4-10,12-13H,11,14H2,1-3H3. The minimum atomic E-state index is -0.336. The van der Waals surface area contributed by atoms with E-state index in [0.717, 1.165) is 39.2 Å². The van der Waals surface area contributed by atoms with Gasteiger partial charge in [0.2, 0.25) is 0 Å². The predicted molar refractivity (Wildman–Crippen MR) is 113 cm³/mol. The second-order valence-corrected chi connectivity index (χ2v) is 7.61. The van der Waals surface area contributed by atoms with Crippen LogP contribution in [0.15, 0.2) is 59.6 Å². The first-order valence-electron chi connectivity index (χ1n) is 9.62. The van der Waals surface area contributed by atoms with Crippen LogP contribution in [-0.4, -0.2) is 11.5 Å². The molecule has 1 heterocycles. The minimum absolute atomic E-state index is 0.137. The van der Waals surface area contributed by atoms with Gasteiger partial charge in [-0.3, -0.25) is 9.79 Å². The molecule has 0 atom stereocenters. The molecule has 3 nitrogen and oxygen atoms in total. The molecule has 1 aliphatic rings. The minimum Gasteiger partial charge on any atom is -0.457 e. The first-order valence-corrected chi connectivity index (χ1v) is 9.62. The Morgan fingerprint density at radius 1 is 0.897 bits per heavy atom. The number of hydrogen-bond acceptors (Lipinski definition) is 3. The van der Waals surface area contributed by atoms with Crippen molar-refractivity contribution in [3.05, 3.63) is 88.2 Å². The van der Waals surface area contributed by atoms with Crippen molar-refractivity contribution >= 4 is 17.2 Å². The quantitative estimate of drug-likeness (QED) is 0.538. The van der Waals surface area contributed by atoms with E-state index in [1.807, 2.05) is 51.1 Å². The largest absolute Gasteiger partial charge is 0.457 e. The Morgan fingerprint density at radius 3 is 2.48 bits per heavy atom. The highest BCUT2D eigenvalue weighted by Crippen LogP contribution is 2.30. The predicted octanol–water partition coefficient (Wildman–Crippen LogP) is 6.18. The van der Waals surface area contributed by atoms with Crippen LogP contribution >= 0.6 is 0 Å². The van der Waals surface area contributed by atoms with Gasteiger partial charge in [0.05, 0.1) is 11.4 Å². The lowest BCUT2D eigenvalue weighted by atomic mass is 9.99. The number of hydrogen-bond donors (Lipinski definition) is 0. The van der Waals surface area contributed by atoms with Crippen LogP contribution in [0, 0.1) is 26.6 Å². The molecule has 4 rings (SSSR count). The number of benzene rings is 3. The zero-order chi connectivity index (χ0) is 20.5. The maximum Gasteiger partial charge on any atom is 0.143 e. The smallest absolute Gasteiger partial charge is 0.143 e. The number of rotatable bonds is 3. The highest BCUT2D eigenvalue weighted by atomic mass is 19.1. The van der Waals surface area contributed by atoms with Crippen molar-refractivity contribution in [2.75, 3.05) is 0 Å². The molecule has 0 aliphatic carbocycles. The number of halogens is 1. The number of aliphatic imine (C=N–C) groups is 1. The van der Waals surface area contributed by atoms with E-state index in [4.69, 9.17) is 9.73 Å². The van der Waals surface area contributed by atoms with Crippen LogP contribution in [0.4, 0.5) is 10.1 Å². The molecule has 3 aromatic carbocycles. The molecule has 4 heteroatoms. The van der Waals surface area contributed by atoms with Gasteiger partial charge in [-0.25, -0.2) is 4.39 Å². The van der Waals surface area contributed by atoms with E-state index >= 15 is 0 Å². The molecular weight excluding hydrogens is 365 g/mol. The van der Waals surface area contributed by atoms with Crippen LogP contribution in [0.3, 0.4) is 0 Å². The summed E-state index contributed by atoms with van der Waals surface area (Å²) in [5.41, 5.74) is 6.47. The lowest BCUT2D eigenvalue weighted by Crippen LogP contribution is -2.09. The van der Waals surface area contributed by atoms with Gasteiger partial charge in [-0.1, -0.05) is 18.2 Å². The molecule has 0 fully saturated rings. The van der Waals surface area contributed by atoms with Crippen molar-refractivity contribution in [1.82, 2.24) is 0 Å². The fourth-order valence-corrected chi connectivity index (χ4v) is 3.56. The number of Topliss-reactive ketones (excluding diaryl/α,β-unsaturated/α-hetero) is 1. The summed E-state index contributed by atoms with van der Waals surface area (Å²) in [5.74, 6) is 0.817. The van der Waals surface area contributed by atoms with Crippen LogP contribution in [0.1, 0.15) is 34.2 Å². The summed E-state index contributed by atoms with van der Waals surface area (Å²) < 4.78 is 19.5. The van der Waals surface area contributed by atoms with E-state index < -0.39 is 0 Å². The number of ether oxygens (including phenoxy) is 1. The van der Waals surface area contributed by atoms with Crippen molar-refractivity contribution < 1.29 is 13.9 Å². The lowest BCUT2D eigenvalue weighted by Gasteiger charge is -2.10. The fraction of sp³-hybridized carbons (Fsp3) is 0.200. The Labute approximate surface area is 169 Å². The maximum absolute atomic E-state index is 13.7. The van der Waals surface area contributed by atoms with Gasteiger partial charge in [-0.2, -0.15) is 0 Å². The molecule has 0 saturated heterocycles. The van der Waals surface area contributed by atoms with E-state index in [9.17, 15) is 9.18 Å². The first kappa shape index (κ1) is 19.1. The van der Waals surface area contributed by atoms with Crippen LogP contribution in [0.25, 0.3) is 0 Å². The van der Waals surface area contributed by atoms with E-state index in [2.05, 4.69) is 6.07 Å². The van der Waals surface area contributed by atoms with Gasteiger partial charge in [-0.05, 0) is 73.4 Å². The van der Waals surface area contributed by atoms with Gasteiger partial charge in [0.25, 0.3) is 0 Å². The van der Waals surface area contributed by atoms with E-state index in [1.54, 1.807) is 6.07 Å². The highest BCUT2D eigenvalue weighted by Gasteiger charge is 2.19. The van der Waals surface area contributed by atoms with Gasteiger partial charge in [0.15, 0.2) is 0 Å². The van der Waals surface area contributed by atoms with E-state index in [-0.39, 0.29) is 18.0 Å². The SMILES string of the molecule is Cc1cc(F)cc(Oc2cccc(C3=Nc4cc(C)c(C)cc4CC(=O)C3)c2)c1. The zero-order valence-corrected chi connectivity index (χ0v) is 16.8. The molecule has 146 valence electrons. The summed E-state index contributed by atoms with van der Waals surface area (Å²) in [6, 6.07) is 16.1. The summed E-state index contributed by atoms with van der Waals surface area (Å²) in [6.45, 7) is 5.91. The van der Waals surface area contributed by atoms with Crippen molar-refractivity contribution in [2.24, 2.45) is 4.99 Å². The number of fused-ring (bicyclic) bond motifs is 1. The molecule has 0 amide bonds. The molecule has 0 bridgehead atoms. The summed E-state index contributed by atoms with van der Waals surface area (Å²) in [5, 5.41) is 0. The zero-order valence-electron chi connectivity index (χ0n) is 16.8. The molecule has 3 aromatic rings. The summed E-state index contributed by atoms with van der Waals surface area (Å²) in [7, 11) is 0. The van der Waals surface area contributed by atoms with Crippen LogP contribution in [0.5, 0.6) is 11.5 Å². The van der Waals surface area contributed by atoms with Crippen molar-refractivity contribution in [2.45, 2.75) is 33.6 Å². The number of carbonyl (C=O) groups is 1. The van der Waals surface area contributed by atoms with Crippen LogP contribution < -0.4 is 4.74 Å². The normalized spacial score (nSPS) is 13.5. The third-order valence-corrected chi connectivity index (χ3v) is 5.12. The molecule has 0 radical (unpaired) electrons. The monoisotopic (exact) mass is 387 g/mol. The van der Waals surface area contributed by atoms with E-state index in [0.29, 0.717) is 17.9 Å². The molecular formula is C25H22FNO2. The van der Waals surface area contributed by atoms with Gasteiger partial charge in [0.1, 0.15) is 23.1 Å². The van der Waals surface area contributed by atoms with Gasteiger partial charge >= 0.3 is 0 Å². The summed E-state index contributed by atoms with van der Waals surface area (Å²) in [6.07, 6.45) is 0.664. The average molecular weight is 387 g/mol. The number of carbonyl (C=O) groups excluding carboxylic acids is 1. The Balaban J connectivity index is 1.70. The van der Waals surface area contributed by atoms with Gasteiger partial charge in [0, 0.05) is 24.5 Å². The van der Waals surface area contributed by atoms with Gasteiger partial charge in [-0.15, -0.1) is 0 Å². The Morgan fingerprint density at radius 2 is 1.69 bits per heavy atom. The fourth-order valence-electron chi connectivity index (χ4n) is 3.56. The molecule has 0 aromatic heterocycles. The summed E-state index contributed by atoms with van der Waals surface area (Å²) >= 11 is 0. The molecule has 1 aliphatic heterocycles. The number of aryl methyl sites for hydroxylation is 3. The first-order chi connectivity index (χ1) is 13.9. The molecule has 0 N–H and O–H groups in total. The van der Waals surface area contributed by atoms with Crippen LogP contribution in [0.2, 0.25) is 0 Å². The van der Waals surface area contributed by atoms with Gasteiger partial charge < -0.3 is 4.74 Å². The molecule has 0 saturated carbocycles. The van der Waals surface area contributed by atoms with Crippen molar-refractivity contribution in [1.29, 1.82) is 0 Å². The Hall–Kier alpha value is -3.27. The third-order valence-electron chi connectivity index (χ3n) is 5.12. The lowest BCUT2D eigenvalue weighted by molar-refractivity contribution is -0.117. The number of nitrogens with zero attached hydrogens (tertiary/aromatic N) is 1. The second kappa shape index (κ2) is 7.63. The van der Waals surface area contributed by atoms with Crippen molar-refractivity contribution in [3.63, 3.8) is 0 Å². The highest BCUT2D eigenvalue weighted by molar-refractivity contribution is 6.13. The van der Waals surface area contributed by atoms with E-state index in [1.165, 1.54) is 12.1 Å². The molecule has 0 unspecified atom stereocenters. The Bertz CT molecular complexity index is 1130. The molecule has 29 heavy (non-hydrogen) atoms. The van der Waals surface area contributed by atoms with Crippen molar-refractivity contribution in [3.8, 4) is 11.5 Å². The molecule has 0 spiro atoms. The number of ketones is 1. The van der Waals surface area contributed by atoms with Crippen LogP contribution in [-0.2, 0) is 11.2 Å². The summed E-state index contributed by atoms with van der Waals surface area (Å²) in [4.78, 5) is 17.3. The maximum atomic E-state index is 13.7. The Kier molecular flexibility index (Phi) is 5.01. The second-order valence-electron chi connectivity index (χ2n) is 7.61.